The maximum Gasteiger partial charge on any atom is 0.413 e. The maximum atomic E-state index is 11.5. The molecule has 0 heterocycles. The van der Waals surface area contributed by atoms with Gasteiger partial charge in [0, 0.05) is 15.6 Å². The van der Waals surface area contributed by atoms with Gasteiger partial charge in [0.25, 0.3) is 0 Å². The summed E-state index contributed by atoms with van der Waals surface area (Å²) in [5.74, 6) is 0.379. The van der Waals surface area contributed by atoms with Gasteiger partial charge in [0.15, 0.2) is 6.29 Å². The molecule has 0 saturated carbocycles. The third-order valence-electron chi connectivity index (χ3n) is 1.79. The molecule has 4 nitrogen and oxygen atoms in total. The number of carbonyl (C=O) groups excluding carboxylic acids is 2. The number of aldehydes is 1. The molecular formula is C12H14BrNO3. The molecular weight excluding hydrogens is 286 g/mol. The van der Waals surface area contributed by atoms with Crippen LogP contribution in [0.3, 0.4) is 0 Å². The third-order valence-corrected chi connectivity index (χ3v) is 2.47. The van der Waals surface area contributed by atoms with Crippen LogP contribution in [0, 0.1) is 0 Å². The minimum absolute atomic E-state index is 0.350. The first-order valence-electron chi connectivity index (χ1n) is 5.06. The quantitative estimate of drug-likeness (QED) is 0.854. The summed E-state index contributed by atoms with van der Waals surface area (Å²) in [6.45, 7) is 5.58. The van der Waals surface area contributed by atoms with E-state index < -0.39 is 6.09 Å². The van der Waals surface area contributed by atoms with E-state index in [1.165, 1.54) is 0 Å². The smallest absolute Gasteiger partial charge is 0.410 e. The van der Waals surface area contributed by atoms with Crippen molar-refractivity contribution in [1.29, 1.82) is 0 Å². The average molecular weight is 300 g/mol. The lowest BCUT2D eigenvalue weighted by Gasteiger charge is -2.19. The Kier molecular flexibility index (Phi) is 4.28. The number of rotatable bonds is 2. The third kappa shape index (κ3) is 4.56. The molecule has 17 heavy (non-hydrogen) atoms. The molecule has 0 aliphatic heterocycles. The van der Waals surface area contributed by atoms with E-state index in [0.29, 0.717) is 15.8 Å². The van der Waals surface area contributed by atoms with Crippen LogP contribution in [0.15, 0.2) is 22.7 Å². The number of carbonyl (C=O) groups is 2. The number of amides is 1. The molecule has 0 atom stereocenters. The Bertz CT molecular complexity index is 438. The fourth-order valence-corrected chi connectivity index (χ4v) is 1.56. The Morgan fingerprint density at radius 2 is 2.06 bits per heavy atom. The molecule has 0 radical (unpaired) electrons. The molecule has 1 aromatic carbocycles. The lowest BCUT2D eigenvalue weighted by Crippen LogP contribution is -2.42. The number of hydrogen-bond donors (Lipinski definition) is 1. The van der Waals surface area contributed by atoms with E-state index >= 15 is 0 Å². The first kappa shape index (κ1) is 13.7. The van der Waals surface area contributed by atoms with Crippen molar-refractivity contribution in [2.75, 3.05) is 0 Å². The van der Waals surface area contributed by atoms with E-state index in [9.17, 15) is 9.59 Å². The molecule has 1 N–H and O–H groups in total. The molecule has 0 spiro atoms. The topological polar surface area (TPSA) is 55.4 Å². The zero-order valence-electron chi connectivity index (χ0n) is 9.91. The zero-order chi connectivity index (χ0) is 13.1. The predicted molar refractivity (Wildman–Crippen MR) is 68.4 cm³/mol. The summed E-state index contributed by atoms with van der Waals surface area (Å²) in [5, 5.41) is 2.67. The molecule has 92 valence electrons. The molecule has 5 heteroatoms. The van der Waals surface area contributed by atoms with Crippen molar-refractivity contribution < 1.29 is 14.3 Å². The summed E-state index contributed by atoms with van der Waals surface area (Å²) in [6, 6.07) is 4.72. The van der Waals surface area contributed by atoms with Crippen LogP contribution in [-0.2, 0) is 0 Å². The van der Waals surface area contributed by atoms with Gasteiger partial charge in [0.2, 0.25) is 0 Å². The Labute approximate surface area is 108 Å². The van der Waals surface area contributed by atoms with Gasteiger partial charge >= 0.3 is 6.09 Å². The van der Waals surface area contributed by atoms with Crippen molar-refractivity contribution in [3.05, 3.63) is 28.2 Å². The number of nitrogens with one attached hydrogen (secondary N) is 1. The molecule has 0 aromatic heterocycles. The summed E-state index contributed by atoms with van der Waals surface area (Å²) in [6.07, 6.45) is 0.201. The Morgan fingerprint density at radius 1 is 1.41 bits per heavy atom. The van der Waals surface area contributed by atoms with E-state index in [1.54, 1.807) is 18.2 Å². The Balaban J connectivity index is 2.73. The summed E-state index contributed by atoms with van der Waals surface area (Å²) in [7, 11) is 0. The van der Waals surface area contributed by atoms with Crippen molar-refractivity contribution in [3.63, 3.8) is 0 Å². The highest BCUT2D eigenvalue weighted by Crippen LogP contribution is 2.22. The first-order valence-corrected chi connectivity index (χ1v) is 5.86. The van der Waals surface area contributed by atoms with Crippen molar-refractivity contribution in [1.82, 2.24) is 5.32 Å². The van der Waals surface area contributed by atoms with Crippen LogP contribution >= 0.6 is 15.9 Å². The number of hydrogen-bond acceptors (Lipinski definition) is 3. The fourth-order valence-electron chi connectivity index (χ4n) is 1.11. The van der Waals surface area contributed by atoms with Crippen molar-refractivity contribution >= 4 is 28.3 Å². The van der Waals surface area contributed by atoms with Crippen LogP contribution in [0.1, 0.15) is 31.1 Å². The van der Waals surface area contributed by atoms with Gasteiger partial charge in [-0.05, 0) is 54.9 Å². The van der Waals surface area contributed by atoms with Crippen LogP contribution in [0.2, 0.25) is 0 Å². The van der Waals surface area contributed by atoms with Crippen molar-refractivity contribution in [3.8, 4) is 5.75 Å². The molecule has 1 rings (SSSR count). The molecule has 0 saturated heterocycles. The average Bonchev–Trinajstić information content (AvgIpc) is 2.14. The van der Waals surface area contributed by atoms with Gasteiger partial charge in [-0.25, -0.2) is 4.79 Å². The summed E-state index contributed by atoms with van der Waals surface area (Å²) < 4.78 is 5.67. The highest BCUT2D eigenvalue weighted by atomic mass is 79.9. The highest BCUT2D eigenvalue weighted by Gasteiger charge is 2.15. The first-order chi connectivity index (χ1) is 7.81. The van der Waals surface area contributed by atoms with Crippen LogP contribution in [0.4, 0.5) is 4.79 Å². The van der Waals surface area contributed by atoms with E-state index in [2.05, 4.69) is 21.2 Å². The van der Waals surface area contributed by atoms with E-state index in [1.807, 2.05) is 20.8 Å². The monoisotopic (exact) mass is 299 g/mol. The largest absolute Gasteiger partial charge is 0.413 e. The summed E-state index contributed by atoms with van der Waals surface area (Å²) >= 11 is 3.22. The minimum atomic E-state index is -0.525. The predicted octanol–water partition coefficient (Wildman–Crippen LogP) is 3.15. The van der Waals surface area contributed by atoms with Crippen molar-refractivity contribution in [2.45, 2.75) is 26.3 Å². The van der Waals surface area contributed by atoms with Crippen LogP contribution in [0.5, 0.6) is 5.75 Å². The normalized spacial score (nSPS) is 10.8. The lowest BCUT2D eigenvalue weighted by atomic mass is 10.1. The van der Waals surface area contributed by atoms with E-state index in [-0.39, 0.29) is 5.54 Å². The number of halogens is 1. The fraction of sp³-hybridized carbons (Fsp3) is 0.333. The molecule has 1 amide bonds. The van der Waals surface area contributed by atoms with Gasteiger partial charge in [0.1, 0.15) is 5.75 Å². The standard InChI is InChI=1S/C12H14BrNO3/c1-12(2,3)14-11(16)17-9-5-4-8(7-15)10(13)6-9/h4-7H,1-3H3,(H,14,16). The lowest BCUT2D eigenvalue weighted by molar-refractivity contribution is 0.112. The molecule has 0 aliphatic carbocycles. The molecule has 0 fully saturated rings. The SMILES string of the molecule is CC(C)(C)NC(=O)Oc1ccc(C=O)c(Br)c1. The highest BCUT2D eigenvalue weighted by molar-refractivity contribution is 9.10. The minimum Gasteiger partial charge on any atom is -0.410 e. The Hall–Kier alpha value is -1.36. The van der Waals surface area contributed by atoms with E-state index in [0.717, 1.165) is 6.29 Å². The maximum absolute atomic E-state index is 11.5. The van der Waals surface area contributed by atoms with E-state index in [4.69, 9.17) is 4.74 Å². The Morgan fingerprint density at radius 3 is 2.53 bits per heavy atom. The second-order valence-electron chi connectivity index (χ2n) is 4.57. The molecule has 0 aliphatic rings. The van der Waals surface area contributed by atoms with Gasteiger partial charge in [0.05, 0.1) is 0 Å². The van der Waals surface area contributed by atoms with Crippen LogP contribution in [-0.4, -0.2) is 17.9 Å². The van der Waals surface area contributed by atoms with Gasteiger partial charge in [-0.3, -0.25) is 4.79 Å². The summed E-state index contributed by atoms with van der Waals surface area (Å²) in [4.78, 5) is 22.1. The van der Waals surface area contributed by atoms with Gasteiger partial charge < -0.3 is 10.1 Å². The molecule has 0 unspecified atom stereocenters. The van der Waals surface area contributed by atoms with Crippen molar-refractivity contribution in [2.24, 2.45) is 0 Å². The zero-order valence-corrected chi connectivity index (χ0v) is 11.5. The van der Waals surface area contributed by atoms with Gasteiger partial charge in [-0.15, -0.1) is 0 Å². The molecule has 1 aromatic rings. The van der Waals surface area contributed by atoms with Gasteiger partial charge in [-0.1, -0.05) is 0 Å². The summed E-state index contributed by atoms with van der Waals surface area (Å²) in [5.41, 5.74) is 0.158. The second-order valence-corrected chi connectivity index (χ2v) is 5.42. The number of benzene rings is 1. The molecule has 0 bridgehead atoms. The second kappa shape index (κ2) is 5.31. The van der Waals surface area contributed by atoms with Crippen LogP contribution in [0.25, 0.3) is 0 Å². The van der Waals surface area contributed by atoms with Gasteiger partial charge in [-0.2, -0.15) is 0 Å². The number of ether oxygens (including phenoxy) is 1. The van der Waals surface area contributed by atoms with Crippen LogP contribution < -0.4 is 10.1 Å².